The number of hydrogen-bond acceptors (Lipinski definition) is 4. The molecule has 4 heteroatoms. The highest BCUT2D eigenvalue weighted by molar-refractivity contribution is 7.11. The summed E-state index contributed by atoms with van der Waals surface area (Å²) in [5.41, 5.74) is 3.88. The van der Waals surface area contributed by atoms with E-state index in [1.807, 2.05) is 19.2 Å². The highest BCUT2D eigenvalue weighted by Crippen LogP contribution is 2.27. The maximum atomic E-state index is 5.29. The topological polar surface area (TPSA) is 35.0 Å². The molecule has 0 aliphatic carbocycles. The second-order valence-electron chi connectivity index (χ2n) is 7.60. The van der Waals surface area contributed by atoms with Crippen molar-refractivity contribution in [2.75, 3.05) is 6.61 Å². The summed E-state index contributed by atoms with van der Waals surface area (Å²) >= 11 is 1.57. The van der Waals surface area contributed by atoms with Crippen molar-refractivity contribution in [1.29, 1.82) is 0 Å². The molecule has 2 heterocycles. The van der Waals surface area contributed by atoms with Gasteiger partial charge >= 0.3 is 0 Å². The van der Waals surface area contributed by atoms with Gasteiger partial charge in [-0.3, -0.25) is 4.98 Å². The molecule has 0 fully saturated rings. The largest absolute Gasteiger partial charge is 0.470 e. The van der Waals surface area contributed by atoms with E-state index in [9.17, 15) is 0 Å². The van der Waals surface area contributed by atoms with Gasteiger partial charge in [0.05, 0.1) is 12.3 Å². The zero-order valence-corrected chi connectivity index (χ0v) is 16.5. The van der Waals surface area contributed by atoms with Gasteiger partial charge in [-0.25, -0.2) is 4.98 Å². The standard InChI is InChI=1S/C10H15N.C9H15NOS/c1-8-6-5-7-11-9(8)10(2,3)4;1-5-11-8-10-7(6-12-8)9(2,3)4/h5-7H,1-4H3;6H,5H2,1-4H3. The first-order valence-electron chi connectivity index (χ1n) is 8.06. The average Bonchev–Trinajstić information content (AvgIpc) is 2.88. The summed E-state index contributed by atoms with van der Waals surface area (Å²) in [6.45, 7) is 17.8. The lowest BCUT2D eigenvalue weighted by Gasteiger charge is -2.19. The molecule has 2 aromatic rings. The molecule has 128 valence electrons. The van der Waals surface area contributed by atoms with E-state index in [4.69, 9.17) is 4.74 Å². The normalized spacial score (nSPS) is 11.7. The van der Waals surface area contributed by atoms with Crippen molar-refractivity contribution in [1.82, 2.24) is 9.97 Å². The molecular weight excluding hydrogens is 304 g/mol. The second-order valence-corrected chi connectivity index (χ2v) is 8.42. The van der Waals surface area contributed by atoms with Crippen LogP contribution in [0.15, 0.2) is 23.7 Å². The van der Waals surface area contributed by atoms with Gasteiger partial charge in [-0.2, -0.15) is 0 Å². The second kappa shape index (κ2) is 7.91. The van der Waals surface area contributed by atoms with Gasteiger partial charge < -0.3 is 4.74 Å². The molecule has 0 aromatic carbocycles. The fraction of sp³-hybridized carbons (Fsp3) is 0.579. The Balaban J connectivity index is 0.000000231. The van der Waals surface area contributed by atoms with Crippen molar-refractivity contribution < 1.29 is 4.74 Å². The highest BCUT2D eigenvalue weighted by Gasteiger charge is 2.17. The van der Waals surface area contributed by atoms with Crippen LogP contribution in [0, 0.1) is 6.92 Å². The summed E-state index contributed by atoms with van der Waals surface area (Å²) in [6, 6.07) is 4.08. The summed E-state index contributed by atoms with van der Waals surface area (Å²) in [4.78, 5) is 8.72. The van der Waals surface area contributed by atoms with Crippen LogP contribution in [-0.4, -0.2) is 16.6 Å². The Hall–Kier alpha value is -1.42. The molecule has 0 N–H and O–H groups in total. The van der Waals surface area contributed by atoms with Gasteiger partial charge in [0.2, 0.25) is 0 Å². The zero-order chi connectivity index (χ0) is 17.7. The third-order valence-electron chi connectivity index (χ3n) is 3.24. The van der Waals surface area contributed by atoms with Crippen LogP contribution in [-0.2, 0) is 10.8 Å². The summed E-state index contributed by atoms with van der Waals surface area (Å²) in [6.07, 6.45) is 1.85. The molecule has 0 radical (unpaired) electrons. The van der Waals surface area contributed by atoms with Crippen LogP contribution in [0.2, 0.25) is 0 Å². The van der Waals surface area contributed by atoms with Crippen LogP contribution < -0.4 is 4.74 Å². The molecule has 2 aromatic heterocycles. The molecule has 0 unspecified atom stereocenters. The van der Waals surface area contributed by atoms with E-state index < -0.39 is 0 Å². The van der Waals surface area contributed by atoms with Crippen molar-refractivity contribution >= 4 is 11.3 Å². The monoisotopic (exact) mass is 334 g/mol. The third kappa shape index (κ3) is 6.30. The van der Waals surface area contributed by atoms with E-state index in [0.717, 1.165) is 10.9 Å². The Bertz CT molecular complexity index is 606. The van der Waals surface area contributed by atoms with Gasteiger partial charge in [-0.15, -0.1) is 0 Å². The predicted octanol–water partition coefficient (Wildman–Crippen LogP) is 5.53. The first kappa shape index (κ1) is 19.6. The van der Waals surface area contributed by atoms with E-state index in [1.165, 1.54) is 11.3 Å². The first-order chi connectivity index (χ1) is 10.6. The molecule has 2 rings (SSSR count). The van der Waals surface area contributed by atoms with Gasteiger partial charge in [0.15, 0.2) is 0 Å². The Labute approximate surface area is 145 Å². The van der Waals surface area contributed by atoms with Crippen molar-refractivity contribution in [3.63, 3.8) is 0 Å². The molecule has 0 aliphatic heterocycles. The van der Waals surface area contributed by atoms with Crippen LogP contribution in [0.5, 0.6) is 5.19 Å². The quantitative estimate of drug-likeness (QED) is 0.724. The first-order valence-corrected chi connectivity index (χ1v) is 8.94. The van der Waals surface area contributed by atoms with Crippen molar-refractivity contribution in [3.05, 3.63) is 40.7 Å². The molecule has 0 bridgehead atoms. The smallest absolute Gasteiger partial charge is 0.273 e. The molecule has 0 spiro atoms. The van der Waals surface area contributed by atoms with E-state index in [1.54, 1.807) is 11.3 Å². The zero-order valence-electron chi connectivity index (χ0n) is 15.7. The number of thiazole rings is 1. The Morgan fingerprint density at radius 2 is 1.74 bits per heavy atom. The summed E-state index contributed by atoms with van der Waals surface area (Å²) in [5.74, 6) is 0. The average molecular weight is 335 g/mol. The van der Waals surface area contributed by atoms with Crippen LogP contribution in [0.3, 0.4) is 0 Å². The highest BCUT2D eigenvalue weighted by atomic mass is 32.1. The molecule has 0 aliphatic rings. The lowest BCUT2D eigenvalue weighted by atomic mass is 9.89. The molecular formula is C19H30N2OS. The van der Waals surface area contributed by atoms with E-state index >= 15 is 0 Å². The Kier molecular flexibility index (Phi) is 6.75. The summed E-state index contributed by atoms with van der Waals surface area (Å²) in [7, 11) is 0. The number of rotatable bonds is 2. The molecule has 3 nitrogen and oxygen atoms in total. The fourth-order valence-electron chi connectivity index (χ4n) is 2.06. The lowest BCUT2D eigenvalue weighted by Crippen LogP contribution is -2.14. The fourth-order valence-corrected chi connectivity index (χ4v) is 3.02. The van der Waals surface area contributed by atoms with Crippen molar-refractivity contribution in [2.24, 2.45) is 0 Å². The number of aromatic nitrogens is 2. The van der Waals surface area contributed by atoms with Crippen LogP contribution in [0.1, 0.15) is 65.4 Å². The maximum absolute atomic E-state index is 5.29. The molecule has 0 amide bonds. The van der Waals surface area contributed by atoms with Gasteiger partial charge in [-0.1, -0.05) is 58.9 Å². The number of aryl methyl sites for hydroxylation is 1. The number of pyridine rings is 1. The van der Waals surface area contributed by atoms with E-state index in [2.05, 4.69) is 69.9 Å². The molecule has 0 atom stereocenters. The molecule has 23 heavy (non-hydrogen) atoms. The van der Waals surface area contributed by atoms with Gasteiger partial charge in [0.1, 0.15) is 0 Å². The minimum absolute atomic E-state index is 0.131. The summed E-state index contributed by atoms with van der Waals surface area (Å²) in [5, 5.41) is 2.84. The van der Waals surface area contributed by atoms with Gasteiger partial charge in [0.25, 0.3) is 5.19 Å². The van der Waals surface area contributed by atoms with Gasteiger partial charge in [0, 0.05) is 28.1 Å². The Morgan fingerprint density at radius 1 is 1.09 bits per heavy atom. The lowest BCUT2D eigenvalue weighted by molar-refractivity contribution is 0.336. The number of hydrogen-bond donors (Lipinski definition) is 0. The maximum Gasteiger partial charge on any atom is 0.273 e. The van der Waals surface area contributed by atoms with Crippen LogP contribution in [0.4, 0.5) is 0 Å². The van der Waals surface area contributed by atoms with Crippen molar-refractivity contribution in [2.45, 2.75) is 66.2 Å². The van der Waals surface area contributed by atoms with E-state index in [0.29, 0.717) is 6.61 Å². The van der Waals surface area contributed by atoms with Crippen LogP contribution >= 0.6 is 11.3 Å². The SMILES string of the molecule is CCOc1nc(C(C)(C)C)cs1.Cc1cccnc1C(C)(C)C. The van der Waals surface area contributed by atoms with Gasteiger partial charge in [-0.05, 0) is 25.5 Å². The minimum Gasteiger partial charge on any atom is -0.470 e. The Morgan fingerprint density at radius 3 is 2.13 bits per heavy atom. The minimum atomic E-state index is 0.131. The molecule has 0 saturated carbocycles. The number of ether oxygens (including phenoxy) is 1. The molecule has 0 saturated heterocycles. The third-order valence-corrected chi connectivity index (χ3v) is 3.99. The van der Waals surface area contributed by atoms with Crippen LogP contribution in [0.25, 0.3) is 0 Å². The predicted molar refractivity (Wildman–Crippen MR) is 99.7 cm³/mol. The van der Waals surface area contributed by atoms with E-state index in [-0.39, 0.29) is 10.8 Å². The summed E-state index contributed by atoms with van der Waals surface area (Å²) < 4.78 is 5.29. The van der Waals surface area contributed by atoms with Crippen molar-refractivity contribution in [3.8, 4) is 5.19 Å². The number of nitrogens with zero attached hydrogens (tertiary/aromatic N) is 2.